The summed E-state index contributed by atoms with van der Waals surface area (Å²) in [5.74, 6) is 1.89. The van der Waals surface area contributed by atoms with Crippen molar-refractivity contribution < 1.29 is 4.42 Å². The van der Waals surface area contributed by atoms with E-state index in [0.29, 0.717) is 17.5 Å². The Bertz CT molecular complexity index is 2800. The van der Waals surface area contributed by atoms with Crippen molar-refractivity contribution in [1.29, 1.82) is 0 Å². The van der Waals surface area contributed by atoms with Crippen LogP contribution in [0.1, 0.15) is 0 Å². The first-order chi connectivity index (χ1) is 24.8. The van der Waals surface area contributed by atoms with Gasteiger partial charge in [0.15, 0.2) is 17.5 Å². The summed E-state index contributed by atoms with van der Waals surface area (Å²) < 4.78 is 8.71. The molecular formula is C45H28N4O. The third kappa shape index (κ3) is 4.67. The number of furan rings is 1. The van der Waals surface area contributed by atoms with Crippen LogP contribution in [0.2, 0.25) is 0 Å². The van der Waals surface area contributed by atoms with E-state index in [9.17, 15) is 0 Å². The van der Waals surface area contributed by atoms with Crippen LogP contribution in [0.15, 0.2) is 174 Å². The van der Waals surface area contributed by atoms with Crippen molar-refractivity contribution in [1.82, 2.24) is 19.5 Å². The first-order valence-electron chi connectivity index (χ1n) is 16.7. The highest BCUT2D eigenvalue weighted by Gasteiger charge is 2.17. The predicted octanol–water partition coefficient (Wildman–Crippen LogP) is 11.5. The topological polar surface area (TPSA) is 56.7 Å². The molecule has 3 heterocycles. The van der Waals surface area contributed by atoms with Gasteiger partial charge in [-0.15, -0.1) is 0 Å². The normalized spacial score (nSPS) is 11.6. The third-order valence-corrected chi connectivity index (χ3v) is 9.45. The lowest BCUT2D eigenvalue weighted by Crippen LogP contribution is -2.00. The molecule has 0 fully saturated rings. The van der Waals surface area contributed by atoms with Crippen molar-refractivity contribution in [3.05, 3.63) is 170 Å². The van der Waals surface area contributed by atoms with Gasteiger partial charge in [-0.1, -0.05) is 115 Å². The second-order valence-electron chi connectivity index (χ2n) is 12.5. The first-order valence-corrected chi connectivity index (χ1v) is 16.7. The Labute approximate surface area is 287 Å². The van der Waals surface area contributed by atoms with Gasteiger partial charge in [-0.3, -0.25) is 0 Å². The van der Waals surface area contributed by atoms with Gasteiger partial charge in [0, 0.05) is 43.9 Å². The Kier molecular flexibility index (Phi) is 6.42. The average Bonchev–Trinajstić information content (AvgIpc) is 3.73. The fourth-order valence-corrected chi connectivity index (χ4v) is 7.04. The van der Waals surface area contributed by atoms with Crippen LogP contribution >= 0.6 is 0 Å². The standard InChI is InChI=1S/C45H28N4O/c1-4-12-29(13-5-1)43-46-44(30-14-6-2-7-15-30)48-45(47-43)33-22-25-42-38(27-33)37-26-31(21-24-41(37)50-42)32-20-23-36-35-18-10-11-19-39(35)49(40(36)28-32)34-16-8-3-9-17-34/h1-28H. The van der Waals surface area contributed by atoms with Crippen molar-refractivity contribution in [2.24, 2.45) is 0 Å². The lowest BCUT2D eigenvalue weighted by atomic mass is 10.0. The maximum absolute atomic E-state index is 6.35. The maximum Gasteiger partial charge on any atom is 0.164 e. The summed E-state index contributed by atoms with van der Waals surface area (Å²) in [6, 6.07) is 58.7. The van der Waals surface area contributed by atoms with Crippen LogP contribution < -0.4 is 0 Å². The van der Waals surface area contributed by atoms with Crippen LogP contribution in [0.4, 0.5) is 0 Å². The van der Waals surface area contributed by atoms with E-state index in [2.05, 4.69) is 102 Å². The zero-order chi connectivity index (χ0) is 33.0. The summed E-state index contributed by atoms with van der Waals surface area (Å²) in [5, 5.41) is 4.53. The number of benzene rings is 7. The smallest absolute Gasteiger partial charge is 0.164 e. The molecule has 0 spiro atoms. The minimum absolute atomic E-state index is 0.615. The minimum atomic E-state index is 0.615. The average molecular weight is 641 g/mol. The maximum atomic E-state index is 6.35. The molecular weight excluding hydrogens is 613 g/mol. The molecule has 0 aliphatic carbocycles. The number of aromatic nitrogens is 4. The molecule has 0 unspecified atom stereocenters. The number of hydrogen-bond donors (Lipinski definition) is 0. The molecule has 10 aromatic rings. The number of para-hydroxylation sites is 2. The Morgan fingerprint density at radius 2 is 0.820 bits per heavy atom. The fraction of sp³-hybridized carbons (Fsp3) is 0. The van der Waals surface area contributed by atoms with E-state index in [0.717, 1.165) is 55.4 Å². The van der Waals surface area contributed by atoms with E-state index in [1.807, 2.05) is 72.8 Å². The van der Waals surface area contributed by atoms with Gasteiger partial charge in [-0.25, -0.2) is 15.0 Å². The summed E-state index contributed by atoms with van der Waals surface area (Å²) in [6.07, 6.45) is 0. The number of nitrogens with zero attached hydrogens (tertiary/aromatic N) is 4. The van der Waals surface area contributed by atoms with E-state index >= 15 is 0 Å². The highest BCUT2D eigenvalue weighted by Crippen LogP contribution is 2.38. The third-order valence-electron chi connectivity index (χ3n) is 9.45. The van der Waals surface area contributed by atoms with Crippen LogP contribution in [-0.4, -0.2) is 19.5 Å². The van der Waals surface area contributed by atoms with E-state index in [1.165, 1.54) is 21.8 Å². The van der Waals surface area contributed by atoms with Gasteiger partial charge >= 0.3 is 0 Å². The predicted molar refractivity (Wildman–Crippen MR) is 203 cm³/mol. The minimum Gasteiger partial charge on any atom is -0.456 e. The number of fused-ring (bicyclic) bond motifs is 6. The molecule has 10 rings (SSSR count). The SMILES string of the molecule is c1ccc(-c2nc(-c3ccccc3)nc(-c3ccc4oc5ccc(-c6ccc7c8ccccc8n(-c8ccccc8)c7c6)cc5c4c3)n2)cc1. The van der Waals surface area contributed by atoms with Gasteiger partial charge in [0.2, 0.25) is 0 Å². The van der Waals surface area contributed by atoms with E-state index in [-0.39, 0.29) is 0 Å². The molecule has 0 N–H and O–H groups in total. The van der Waals surface area contributed by atoms with Crippen LogP contribution in [0.3, 0.4) is 0 Å². The molecule has 3 aromatic heterocycles. The van der Waals surface area contributed by atoms with Crippen molar-refractivity contribution in [2.45, 2.75) is 0 Å². The van der Waals surface area contributed by atoms with E-state index in [4.69, 9.17) is 19.4 Å². The summed E-state index contributed by atoms with van der Waals surface area (Å²) in [7, 11) is 0. The second kappa shape index (κ2) is 11.4. The molecule has 0 amide bonds. The van der Waals surface area contributed by atoms with Crippen LogP contribution in [-0.2, 0) is 0 Å². The zero-order valence-electron chi connectivity index (χ0n) is 26.9. The van der Waals surface area contributed by atoms with Crippen molar-refractivity contribution in [2.75, 3.05) is 0 Å². The zero-order valence-corrected chi connectivity index (χ0v) is 26.9. The second-order valence-corrected chi connectivity index (χ2v) is 12.5. The molecule has 5 nitrogen and oxygen atoms in total. The van der Waals surface area contributed by atoms with Crippen molar-refractivity contribution >= 4 is 43.7 Å². The summed E-state index contributed by atoms with van der Waals surface area (Å²) in [4.78, 5) is 14.8. The van der Waals surface area contributed by atoms with Gasteiger partial charge < -0.3 is 8.98 Å². The highest BCUT2D eigenvalue weighted by molar-refractivity contribution is 6.11. The Hall–Kier alpha value is -6.85. The molecule has 0 saturated heterocycles. The fourth-order valence-electron chi connectivity index (χ4n) is 7.04. The highest BCUT2D eigenvalue weighted by atomic mass is 16.3. The van der Waals surface area contributed by atoms with Crippen LogP contribution in [0.5, 0.6) is 0 Å². The Balaban J connectivity index is 1.12. The molecule has 5 heteroatoms. The van der Waals surface area contributed by atoms with Crippen LogP contribution in [0.25, 0.3) is 94.7 Å². The molecule has 0 aliphatic rings. The first kappa shape index (κ1) is 28.2. The van der Waals surface area contributed by atoms with Gasteiger partial charge in [-0.05, 0) is 65.7 Å². The largest absolute Gasteiger partial charge is 0.456 e. The van der Waals surface area contributed by atoms with E-state index < -0.39 is 0 Å². The van der Waals surface area contributed by atoms with Gasteiger partial charge in [-0.2, -0.15) is 0 Å². The molecule has 50 heavy (non-hydrogen) atoms. The Morgan fingerprint density at radius 3 is 1.48 bits per heavy atom. The summed E-state index contributed by atoms with van der Waals surface area (Å²) in [5.41, 5.74) is 10.2. The number of rotatable bonds is 5. The molecule has 0 aliphatic heterocycles. The van der Waals surface area contributed by atoms with Gasteiger partial charge in [0.25, 0.3) is 0 Å². The molecule has 0 bridgehead atoms. The lowest BCUT2D eigenvalue weighted by molar-refractivity contribution is 0.669. The molecule has 234 valence electrons. The summed E-state index contributed by atoms with van der Waals surface area (Å²) >= 11 is 0. The summed E-state index contributed by atoms with van der Waals surface area (Å²) in [6.45, 7) is 0. The molecule has 7 aromatic carbocycles. The Morgan fingerprint density at radius 1 is 0.340 bits per heavy atom. The molecule has 0 radical (unpaired) electrons. The number of hydrogen-bond acceptors (Lipinski definition) is 4. The van der Waals surface area contributed by atoms with Gasteiger partial charge in [0.1, 0.15) is 11.2 Å². The van der Waals surface area contributed by atoms with Crippen molar-refractivity contribution in [3.8, 4) is 51.0 Å². The van der Waals surface area contributed by atoms with Gasteiger partial charge in [0.05, 0.1) is 11.0 Å². The monoisotopic (exact) mass is 640 g/mol. The van der Waals surface area contributed by atoms with Crippen LogP contribution in [0, 0.1) is 0 Å². The molecule has 0 atom stereocenters. The molecule has 0 saturated carbocycles. The van der Waals surface area contributed by atoms with Crippen molar-refractivity contribution in [3.63, 3.8) is 0 Å². The van der Waals surface area contributed by atoms with E-state index in [1.54, 1.807) is 0 Å². The quantitative estimate of drug-likeness (QED) is 0.188. The lowest BCUT2D eigenvalue weighted by Gasteiger charge is -2.09.